The lowest BCUT2D eigenvalue weighted by molar-refractivity contribution is -0.125. The first-order valence-electron chi connectivity index (χ1n) is 9.23. The van der Waals surface area contributed by atoms with Gasteiger partial charge in [0.15, 0.2) is 5.75 Å². The summed E-state index contributed by atoms with van der Waals surface area (Å²) in [5, 5.41) is 5.12. The summed E-state index contributed by atoms with van der Waals surface area (Å²) in [6.07, 6.45) is 7.90. The number of rotatable bonds is 5. The molecule has 2 N–H and O–H groups in total. The fourth-order valence-corrected chi connectivity index (χ4v) is 3.24. The van der Waals surface area contributed by atoms with Crippen molar-refractivity contribution in [3.8, 4) is 11.5 Å². The van der Waals surface area contributed by atoms with Crippen LogP contribution in [-0.2, 0) is 9.53 Å². The Bertz CT molecular complexity index is 820. The van der Waals surface area contributed by atoms with Gasteiger partial charge in [-0.2, -0.15) is 0 Å². The molecule has 0 radical (unpaired) electrons. The maximum atomic E-state index is 12.3. The van der Waals surface area contributed by atoms with Crippen LogP contribution < -0.4 is 15.4 Å². The molecule has 0 bridgehead atoms. The Balaban J connectivity index is 1.52. The summed E-state index contributed by atoms with van der Waals surface area (Å²) in [6.45, 7) is 1.86. The molecule has 1 aliphatic rings. The molecule has 148 valence electrons. The number of anilines is 1. The van der Waals surface area contributed by atoms with Crippen molar-refractivity contribution in [2.75, 3.05) is 12.4 Å². The van der Waals surface area contributed by atoms with Crippen LogP contribution in [0.2, 0.25) is 0 Å². The van der Waals surface area contributed by atoms with Gasteiger partial charge in [0.2, 0.25) is 5.91 Å². The summed E-state index contributed by atoms with van der Waals surface area (Å²) in [7, 11) is 1.68. The van der Waals surface area contributed by atoms with Crippen LogP contribution in [0.5, 0.6) is 11.5 Å². The van der Waals surface area contributed by atoms with Crippen LogP contribution in [0.4, 0.5) is 10.5 Å². The van der Waals surface area contributed by atoms with E-state index in [9.17, 15) is 9.59 Å². The number of nitrogens with one attached hydrogen (secondary N) is 2. The number of carbonyl (C=O) groups excluding carboxylic acids is 2. The number of hydrogen-bond donors (Lipinski definition) is 2. The molecule has 1 saturated carbocycles. The second-order valence-corrected chi connectivity index (χ2v) is 6.81. The van der Waals surface area contributed by atoms with Crippen LogP contribution >= 0.6 is 0 Å². The van der Waals surface area contributed by atoms with Gasteiger partial charge in [0.25, 0.3) is 0 Å². The first kappa shape index (κ1) is 19.8. The Morgan fingerprint density at radius 3 is 2.46 bits per heavy atom. The molecular weight excluding hydrogens is 360 g/mol. The topological polar surface area (TPSA) is 102 Å². The van der Waals surface area contributed by atoms with Gasteiger partial charge in [-0.1, -0.05) is 0 Å². The number of imide groups is 1. The molecule has 3 amide bonds. The highest BCUT2D eigenvalue weighted by Gasteiger charge is 2.27. The average molecular weight is 384 g/mol. The minimum atomic E-state index is -0.539. The first-order chi connectivity index (χ1) is 13.5. The van der Waals surface area contributed by atoms with Gasteiger partial charge < -0.3 is 14.8 Å². The first-order valence-corrected chi connectivity index (χ1v) is 9.23. The van der Waals surface area contributed by atoms with Gasteiger partial charge in [0, 0.05) is 18.7 Å². The van der Waals surface area contributed by atoms with Gasteiger partial charge in [0.1, 0.15) is 12.1 Å². The molecule has 0 aliphatic heterocycles. The number of nitrogens with zero attached hydrogens (tertiary/aromatic N) is 2. The van der Waals surface area contributed by atoms with Crippen molar-refractivity contribution >= 4 is 17.6 Å². The Morgan fingerprint density at radius 2 is 1.82 bits per heavy atom. The average Bonchev–Trinajstić information content (AvgIpc) is 2.71. The van der Waals surface area contributed by atoms with Gasteiger partial charge in [-0.3, -0.25) is 10.1 Å². The third kappa shape index (κ3) is 5.26. The van der Waals surface area contributed by atoms with E-state index in [-0.39, 0.29) is 17.9 Å². The van der Waals surface area contributed by atoms with Crippen molar-refractivity contribution < 1.29 is 19.1 Å². The number of ether oxygens (including phenoxy) is 2. The second-order valence-electron chi connectivity index (χ2n) is 6.81. The van der Waals surface area contributed by atoms with E-state index >= 15 is 0 Å². The molecule has 0 unspecified atom stereocenters. The molecule has 0 saturated heterocycles. The van der Waals surface area contributed by atoms with Crippen molar-refractivity contribution in [1.29, 1.82) is 0 Å². The largest absolute Gasteiger partial charge is 0.454 e. The third-order valence-electron chi connectivity index (χ3n) is 4.81. The van der Waals surface area contributed by atoms with Crippen molar-refractivity contribution in [3.05, 3.63) is 42.5 Å². The monoisotopic (exact) mass is 384 g/mol. The van der Waals surface area contributed by atoms with Crippen LogP contribution in [0, 0.1) is 12.8 Å². The van der Waals surface area contributed by atoms with E-state index in [1.54, 1.807) is 37.7 Å². The zero-order valence-electron chi connectivity index (χ0n) is 16.0. The number of aryl methyl sites for hydroxylation is 1. The second kappa shape index (κ2) is 9.27. The molecule has 0 spiro atoms. The summed E-state index contributed by atoms with van der Waals surface area (Å²) >= 11 is 0. The van der Waals surface area contributed by atoms with E-state index < -0.39 is 6.03 Å². The maximum absolute atomic E-state index is 12.3. The molecule has 1 aliphatic carbocycles. The summed E-state index contributed by atoms with van der Waals surface area (Å²) < 4.78 is 11.0. The van der Waals surface area contributed by atoms with Crippen LogP contribution in [0.3, 0.4) is 0 Å². The van der Waals surface area contributed by atoms with Gasteiger partial charge in [-0.15, -0.1) is 0 Å². The van der Waals surface area contributed by atoms with E-state index in [1.807, 2.05) is 6.92 Å². The predicted molar refractivity (Wildman–Crippen MR) is 103 cm³/mol. The molecule has 1 aromatic carbocycles. The molecular formula is C20H24N4O4. The van der Waals surface area contributed by atoms with E-state index in [1.165, 1.54) is 6.33 Å². The van der Waals surface area contributed by atoms with Crippen molar-refractivity contribution in [2.24, 2.45) is 5.92 Å². The predicted octanol–water partition coefficient (Wildman–Crippen LogP) is 3.43. The van der Waals surface area contributed by atoms with Crippen LogP contribution in [-0.4, -0.2) is 35.1 Å². The minimum Gasteiger partial charge on any atom is -0.454 e. The van der Waals surface area contributed by atoms with Crippen molar-refractivity contribution in [2.45, 2.75) is 38.7 Å². The molecule has 2 aromatic rings. The minimum absolute atomic E-state index is 0.150. The smallest absolute Gasteiger partial charge is 0.325 e. The van der Waals surface area contributed by atoms with Gasteiger partial charge in [-0.05, 0) is 56.4 Å². The lowest BCUT2D eigenvalue weighted by Crippen LogP contribution is -2.40. The SMILES string of the molecule is COC1CCC(C(=O)NC(=O)Nc2ccc(Oc3cncnc3)c(C)c2)CC1. The molecule has 1 fully saturated rings. The summed E-state index contributed by atoms with van der Waals surface area (Å²) in [6, 6.07) is 4.68. The highest BCUT2D eigenvalue weighted by molar-refractivity contribution is 6.01. The van der Waals surface area contributed by atoms with Crippen LogP contribution in [0.15, 0.2) is 36.9 Å². The molecule has 28 heavy (non-hydrogen) atoms. The normalized spacial score (nSPS) is 18.9. The zero-order valence-corrected chi connectivity index (χ0v) is 16.0. The third-order valence-corrected chi connectivity index (χ3v) is 4.81. The zero-order chi connectivity index (χ0) is 19.9. The lowest BCUT2D eigenvalue weighted by atomic mass is 9.87. The van der Waals surface area contributed by atoms with Crippen LogP contribution in [0.25, 0.3) is 0 Å². The van der Waals surface area contributed by atoms with Gasteiger partial charge in [0.05, 0.1) is 18.5 Å². The Hall–Kier alpha value is -3.00. The summed E-state index contributed by atoms with van der Waals surface area (Å²) in [4.78, 5) is 32.2. The number of urea groups is 1. The number of benzene rings is 1. The quantitative estimate of drug-likeness (QED) is 0.819. The van der Waals surface area contributed by atoms with E-state index in [2.05, 4.69) is 20.6 Å². The van der Waals surface area contributed by atoms with E-state index in [0.717, 1.165) is 31.2 Å². The molecule has 8 heteroatoms. The highest BCUT2D eigenvalue weighted by atomic mass is 16.5. The fourth-order valence-electron chi connectivity index (χ4n) is 3.24. The van der Waals surface area contributed by atoms with Gasteiger partial charge >= 0.3 is 6.03 Å². The Labute approximate surface area is 163 Å². The highest BCUT2D eigenvalue weighted by Crippen LogP contribution is 2.27. The van der Waals surface area contributed by atoms with Crippen molar-refractivity contribution in [3.63, 3.8) is 0 Å². The molecule has 0 atom stereocenters. The fraction of sp³-hybridized carbons (Fsp3) is 0.400. The van der Waals surface area contributed by atoms with E-state index in [4.69, 9.17) is 9.47 Å². The number of methoxy groups -OCH3 is 1. The number of amides is 3. The van der Waals surface area contributed by atoms with Gasteiger partial charge in [-0.25, -0.2) is 14.8 Å². The maximum Gasteiger partial charge on any atom is 0.325 e. The number of hydrogen-bond acceptors (Lipinski definition) is 6. The Kier molecular flexibility index (Phi) is 6.54. The summed E-state index contributed by atoms with van der Waals surface area (Å²) in [5.74, 6) is 0.764. The standard InChI is InChI=1S/C20H24N4O4/c1-13-9-15(5-8-18(13)28-17-10-21-12-22-11-17)23-20(26)24-19(25)14-3-6-16(27-2)7-4-14/h5,8-12,14,16H,3-4,6-7H2,1-2H3,(H2,23,24,25,26). The molecule has 8 nitrogen and oxygen atoms in total. The van der Waals surface area contributed by atoms with Crippen molar-refractivity contribution in [1.82, 2.24) is 15.3 Å². The molecule has 3 rings (SSSR count). The van der Waals surface area contributed by atoms with Crippen LogP contribution in [0.1, 0.15) is 31.2 Å². The summed E-state index contributed by atoms with van der Waals surface area (Å²) in [5.41, 5.74) is 1.40. The number of aromatic nitrogens is 2. The number of carbonyl (C=O) groups is 2. The molecule has 1 aromatic heterocycles. The van der Waals surface area contributed by atoms with E-state index in [0.29, 0.717) is 17.2 Å². The molecule has 1 heterocycles. The Morgan fingerprint density at radius 1 is 1.11 bits per heavy atom. The lowest BCUT2D eigenvalue weighted by Gasteiger charge is -2.26.